The number of aliphatic imine (C=N–C) groups is 2. The monoisotopic (exact) mass is 168 g/mol. The Balaban J connectivity index is 2.38. The maximum absolute atomic E-state index is 5.00. The van der Waals surface area contributed by atoms with E-state index >= 15 is 0 Å². The Hall–Kier alpha value is -0.700. The summed E-state index contributed by atoms with van der Waals surface area (Å²) < 4.78 is 5.00. The molecule has 3 nitrogen and oxygen atoms in total. The standard InChI is InChI=1S/C9H16N2O/c1-8(7-12-2)11-9-4-3-5-10-6-9/h5,8H,3-4,6-7H2,1-2H3. The van der Waals surface area contributed by atoms with E-state index in [1.807, 2.05) is 6.21 Å². The van der Waals surface area contributed by atoms with Crippen molar-refractivity contribution >= 4 is 11.9 Å². The van der Waals surface area contributed by atoms with Crippen LogP contribution in [-0.4, -0.2) is 38.2 Å². The van der Waals surface area contributed by atoms with E-state index in [0.717, 1.165) is 19.4 Å². The fraction of sp³-hybridized carbons (Fsp3) is 0.778. The van der Waals surface area contributed by atoms with E-state index < -0.39 is 0 Å². The number of ether oxygens (including phenoxy) is 1. The van der Waals surface area contributed by atoms with Gasteiger partial charge in [-0.2, -0.15) is 0 Å². The van der Waals surface area contributed by atoms with Crippen LogP contribution in [0.3, 0.4) is 0 Å². The molecule has 0 fully saturated rings. The summed E-state index contributed by atoms with van der Waals surface area (Å²) in [4.78, 5) is 8.68. The predicted octanol–water partition coefficient (Wildman–Crippen LogP) is 1.33. The van der Waals surface area contributed by atoms with E-state index in [4.69, 9.17) is 4.74 Å². The molecule has 0 spiro atoms. The van der Waals surface area contributed by atoms with Crippen LogP contribution in [0.5, 0.6) is 0 Å². The number of rotatable bonds is 3. The van der Waals surface area contributed by atoms with Gasteiger partial charge in [0.25, 0.3) is 0 Å². The number of hydrogen-bond acceptors (Lipinski definition) is 3. The van der Waals surface area contributed by atoms with Crippen molar-refractivity contribution in [1.29, 1.82) is 0 Å². The molecule has 1 aliphatic heterocycles. The summed E-state index contributed by atoms with van der Waals surface area (Å²) in [6, 6.07) is 0.276. The largest absolute Gasteiger partial charge is 0.382 e. The predicted molar refractivity (Wildman–Crippen MR) is 51.4 cm³/mol. The van der Waals surface area contributed by atoms with E-state index in [1.54, 1.807) is 7.11 Å². The summed E-state index contributed by atoms with van der Waals surface area (Å²) in [5.74, 6) is 0. The third-order valence-electron chi connectivity index (χ3n) is 1.78. The van der Waals surface area contributed by atoms with Gasteiger partial charge in [-0.15, -0.1) is 0 Å². The van der Waals surface area contributed by atoms with Crippen molar-refractivity contribution in [2.75, 3.05) is 20.3 Å². The van der Waals surface area contributed by atoms with Gasteiger partial charge in [0.2, 0.25) is 0 Å². The molecule has 1 aliphatic rings. The van der Waals surface area contributed by atoms with Crippen LogP contribution in [0.2, 0.25) is 0 Å². The first-order valence-corrected chi connectivity index (χ1v) is 4.35. The second kappa shape index (κ2) is 5.04. The highest BCUT2D eigenvalue weighted by Crippen LogP contribution is 2.01. The molecular formula is C9H16N2O. The average Bonchev–Trinajstić information content (AvgIpc) is 2.06. The lowest BCUT2D eigenvalue weighted by molar-refractivity contribution is 0.186. The molecular weight excluding hydrogens is 152 g/mol. The number of nitrogens with zero attached hydrogens (tertiary/aromatic N) is 2. The van der Waals surface area contributed by atoms with Crippen LogP contribution < -0.4 is 0 Å². The lowest BCUT2D eigenvalue weighted by Crippen LogP contribution is -2.15. The van der Waals surface area contributed by atoms with Crippen LogP contribution in [0.4, 0.5) is 0 Å². The Kier molecular flexibility index (Phi) is 3.94. The third-order valence-corrected chi connectivity index (χ3v) is 1.78. The number of hydrogen-bond donors (Lipinski definition) is 0. The van der Waals surface area contributed by atoms with Crippen LogP contribution in [0.15, 0.2) is 9.98 Å². The Morgan fingerprint density at radius 1 is 1.75 bits per heavy atom. The van der Waals surface area contributed by atoms with Crippen LogP contribution in [0.25, 0.3) is 0 Å². The second-order valence-corrected chi connectivity index (χ2v) is 3.06. The smallest absolute Gasteiger partial charge is 0.0764 e. The normalized spacial score (nSPS) is 23.0. The maximum Gasteiger partial charge on any atom is 0.0764 e. The summed E-state index contributed by atoms with van der Waals surface area (Å²) >= 11 is 0. The molecule has 1 rings (SSSR count). The highest BCUT2D eigenvalue weighted by atomic mass is 16.5. The van der Waals surface area contributed by atoms with Crippen molar-refractivity contribution in [3.63, 3.8) is 0 Å². The molecule has 0 radical (unpaired) electrons. The van der Waals surface area contributed by atoms with Gasteiger partial charge >= 0.3 is 0 Å². The van der Waals surface area contributed by atoms with Crippen molar-refractivity contribution in [2.24, 2.45) is 9.98 Å². The van der Waals surface area contributed by atoms with E-state index in [9.17, 15) is 0 Å². The Labute approximate surface area is 73.6 Å². The van der Waals surface area contributed by atoms with Crippen LogP contribution in [0, 0.1) is 0 Å². The first-order chi connectivity index (χ1) is 5.83. The van der Waals surface area contributed by atoms with Crippen molar-refractivity contribution < 1.29 is 4.74 Å². The summed E-state index contributed by atoms with van der Waals surface area (Å²) in [7, 11) is 1.70. The molecule has 0 aromatic heterocycles. The minimum Gasteiger partial charge on any atom is -0.382 e. The van der Waals surface area contributed by atoms with E-state index in [0.29, 0.717) is 6.61 Å². The summed E-state index contributed by atoms with van der Waals surface area (Å²) in [5.41, 5.74) is 1.21. The molecule has 0 amide bonds. The molecule has 0 aromatic rings. The van der Waals surface area contributed by atoms with Crippen LogP contribution >= 0.6 is 0 Å². The Morgan fingerprint density at radius 2 is 2.58 bits per heavy atom. The van der Waals surface area contributed by atoms with E-state index in [-0.39, 0.29) is 6.04 Å². The molecule has 0 N–H and O–H groups in total. The van der Waals surface area contributed by atoms with Gasteiger partial charge in [0.15, 0.2) is 0 Å². The van der Waals surface area contributed by atoms with Gasteiger partial charge < -0.3 is 4.74 Å². The highest BCUT2D eigenvalue weighted by molar-refractivity contribution is 5.91. The lowest BCUT2D eigenvalue weighted by atomic mass is 10.1. The number of methoxy groups -OCH3 is 1. The summed E-state index contributed by atoms with van der Waals surface area (Å²) in [5, 5.41) is 0. The molecule has 0 aromatic carbocycles. The molecule has 12 heavy (non-hydrogen) atoms. The first kappa shape index (κ1) is 9.39. The van der Waals surface area contributed by atoms with E-state index in [2.05, 4.69) is 16.9 Å². The van der Waals surface area contributed by atoms with Gasteiger partial charge in [0.1, 0.15) is 0 Å². The minimum atomic E-state index is 0.276. The van der Waals surface area contributed by atoms with Crippen LogP contribution in [0.1, 0.15) is 19.8 Å². The highest BCUT2D eigenvalue weighted by Gasteiger charge is 2.04. The molecule has 0 aliphatic carbocycles. The molecule has 0 bridgehead atoms. The summed E-state index contributed by atoms with van der Waals surface area (Å²) in [6.07, 6.45) is 4.08. The van der Waals surface area contributed by atoms with Gasteiger partial charge in [-0.1, -0.05) is 0 Å². The lowest BCUT2D eigenvalue weighted by Gasteiger charge is -2.10. The molecule has 1 unspecified atom stereocenters. The van der Waals surface area contributed by atoms with Crippen LogP contribution in [-0.2, 0) is 4.74 Å². The van der Waals surface area contributed by atoms with Crippen molar-refractivity contribution in [1.82, 2.24) is 0 Å². The van der Waals surface area contributed by atoms with Gasteiger partial charge in [-0.25, -0.2) is 0 Å². The van der Waals surface area contributed by atoms with Crippen molar-refractivity contribution in [2.45, 2.75) is 25.8 Å². The second-order valence-electron chi connectivity index (χ2n) is 3.06. The molecule has 1 heterocycles. The molecule has 1 atom stereocenters. The van der Waals surface area contributed by atoms with Gasteiger partial charge in [-0.05, 0) is 26.0 Å². The molecule has 3 heteroatoms. The minimum absolute atomic E-state index is 0.276. The molecule has 0 saturated carbocycles. The van der Waals surface area contributed by atoms with Crippen molar-refractivity contribution in [3.8, 4) is 0 Å². The molecule has 0 saturated heterocycles. The topological polar surface area (TPSA) is 34.0 Å². The zero-order valence-corrected chi connectivity index (χ0v) is 7.79. The van der Waals surface area contributed by atoms with Crippen molar-refractivity contribution in [3.05, 3.63) is 0 Å². The first-order valence-electron chi connectivity index (χ1n) is 4.35. The average molecular weight is 168 g/mol. The fourth-order valence-electron chi connectivity index (χ4n) is 1.27. The zero-order valence-electron chi connectivity index (χ0n) is 7.79. The maximum atomic E-state index is 5.00. The zero-order chi connectivity index (χ0) is 8.81. The Morgan fingerprint density at radius 3 is 3.17 bits per heavy atom. The quantitative estimate of drug-likeness (QED) is 0.626. The van der Waals surface area contributed by atoms with E-state index in [1.165, 1.54) is 5.71 Å². The van der Waals surface area contributed by atoms with Gasteiger partial charge in [-0.3, -0.25) is 9.98 Å². The van der Waals surface area contributed by atoms with Gasteiger partial charge in [0, 0.05) is 12.8 Å². The fourth-order valence-corrected chi connectivity index (χ4v) is 1.27. The summed E-state index contributed by atoms with van der Waals surface area (Å²) in [6.45, 7) is 3.55. The Bertz CT molecular complexity index is 187. The van der Waals surface area contributed by atoms with Gasteiger partial charge in [0.05, 0.1) is 19.2 Å². The molecule has 68 valence electrons. The SMILES string of the molecule is COCC(C)N=C1CCC=NC1. The third kappa shape index (κ3) is 3.13.